The maximum Gasteiger partial charge on any atom is 0.280 e. The van der Waals surface area contributed by atoms with Crippen LogP contribution in [0.2, 0.25) is 0 Å². The summed E-state index contributed by atoms with van der Waals surface area (Å²) in [6.07, 6.45) is 4.15. The molecule has 0 aliphatic heterocycles. The molecule has 1 saturated carbocycles. The average molecular weight is 451 g/mol. The predicted molar refractivity (Wildman–Crippen MR) is 120 cm³/mol. The van der Waals surface area contributed by atoms with Gasteiger partial charge in [-0.2, -0.15) is 14.7 Å². The van der Waals surface area contributed by atoms with E-state index in [4.69, 9.17) is 0 Å². The van der Waals surface area contributed by atoms with Gasteiger partial charge in [0, 0.05) is 44.5 Å². The first-order valence-electron chi connectivity index (χ1n) is 10.4. The van der Waals surface area contributed by atoms with E-state index in [1.165, 1.54) is 15.3 Å². The number of halogens is 1. The fourth-order valence-electron chi connectivity index (χ4n) is 3.65. The van der Waals surface area contributed by atoms with Gasteiger partial charge in [0.1, 0.15) is 29.1 Å². The lowest BCUT2D eigenvalue weighted by Gasteiger charge is -2.11. The Kier molecular flexibility index (Phi) is 4.84. The van der Waals surface area contributed by atoms with E-state index < -0.39 is 18.1 Å². The van der Waals surface area contributed by atoms with E-state index in [0.29, 0.717) is 23.9 Å². The molecule has 4 heterocycles. The van der Waals surface area contributed by atoms with Gasteiger partial charge in [0.05, 0.1) is 12.2 Å². The summed E-state index contributed by atoms with van der Waals surface area (Å²) in [4.78, 5) is 30.2. The van der Waals surface area contributed by atoms with Crippen LogP contribution in [0, 0.1) is 6.92 Å². The van der Waals surface area contributed by atoms with Gasteiger partial charge in [0.2, 0.25) is 0 Å². The number of carbonyl (C=O) groups is 1. The number of amides is 1. The van der Waals surface area contributed by atoms with Gasteiger partial charge in [0.15, 0.2) is 11.5 Å². The van der Waals surface area contributed by atoms with Crippen LogP contribution in [0.4, 0.5) is 21.7 Å². The molecule has 1 aliphatic carbocycles. The van der Waals surface area contributed by atoms with Crippen LogP contribution in [0.15, 0.2) is 41.6 Å². The van der Waals surface area contributed by atoms with Crippen molar-refractivity contribution in [2.75, 3.05) is 17.7 Å². The second-order valence-electron chi connectivity index (χ2n) is 7.93. The Morgan fingerprint density at radius 2 is 2.12 bits per heavy atom. The summed E-state index contributed by atoms with van der Waals surface area (Å²) in [5.74, 6) is 0.970. The Labute approximate surface area is 187 Å². The summed E-state index contributed by atoms with van der Waals surface area (Å²) in [6.45, 7) is 1.88. The molecule has 3 N–H and O–H groups in total. The molecule has 5 rings (SSSR count). The van der Waals surface area contributed by atoms with Crippen LogP contribution < -0.4 is 21.5 Å². The van der Waals surface area contributed by atoms with Gasteiger partial charge in [0.25, 0.3) is 11.5 Å². The van der Waals surface area contributed by atoms with Gasteiger partial charge >= 0.3 is 0 Å². The number of rotatable bonds is 6. The van der Waals surface area contributed by atoms with Gasteiger partial charge in [-0.3, -0.25) is 18.8 Å². The maximum absolute atomic E-state index is 13.2. The Balaban J connectivity index is 1.52. The molecule has 4 aromatic heterocycles. The Bertz CT molecular complexity index is 1440. The summed E-state index contributed by atoms with van der Waals surface area (Å²) < 4.78 is 17.8. The molecule has 2 unspecified atom stereocenters. The molecular formula is C21H22FN9O2. The standard InChI is InChI=1S/C21H22FN9O2/c1-11-10-29(3)28-18(11)30-6-4-5-14(21(30)33)25-16-8-17(23-2)31-19(27-16)12(9-24-31)20(32)26-15-7-13(15)22/h4-6,8-10,13,15,23H,7H2,1-3H3,(H,25,27)(H,26,32). The van der Waals surface area contributed by atoms with E-state index >= 15 is 0 Å². The zero-order valence-corrected chi connectivity index (χ0v) is 18.2. The van der Waals surface area contributed by atoms with Crippen LogP contribution >= 0.6 is 0 Å². The molecule has 11 nitrogen and oxygen atoms in total. The number of nitrogens with zero attached hydrogens (tertiary/aromatic N) is 6. The summed E-state index contributed by atoms with van der Waals surface area (Å²) in [7, 11) is 3.50. The van der Waals surface area contributed by atoms with Crippen LogP contribution in [0.25, 0.3) is 11.5 Å². The lowest BCUT2D eigenvalue weighted by molar-refractivity contribution is 0.0949. The highest BCUT2D eigenvalue weighted by Gasteiger charge is 2.39. The van der Waals surface area contributed by atoms with Crippen molar-refractivity contribution in [2.24, 2.45) is 7.05 Å². The van der Waals surface area contributed by atoms with Crippen LogP contribution in [-0.4, -0.2) is 54.1 Å². The molecule has 0 radical (unpaired) electrons. The van der Waals surface area contributed by atoms with Gasteiger partial charge < -0.3 is 16.0 Å². The van der Waals surface area contributed by atoms with E-state index in [1.807, 2.05) is 13.1 Å². The summed E-state index contributed by atoms with van der Waals surface area (Å²) in [6, 6.07) is 4.56. The van der Waals surface area contributed by atoms with Crippen LogP contribution in [0.3, 0.4) is 0 Å². The largest absolute Gasteiger partial charge is 0.373 e. The molecule has 4 aromatic rings. The van der Waals surface area contributed by atoms with E-state index in [9.17, 15) is 14.0 Å². The number of fused-ring (bicyclic) bond motifs is 1. The number of aromatic nitrogens is 6. The highest BCUT2D eigenvalue weighted by molar-refractivity contribution is 6.00. The van der Waals surface area contributed by atoms with Crippen LogP contribution in [-0.2, 0) is 7.05 Å². The third-order valence-electron chi connectivity index (χ3n) is 5.43. The monoisotopic (exact) mass is 451 g/mol. The van der Waals surface area contributed by atoms with Crippen molar-refractivity contribution in [1.82, 2.24) is 34.3 Å². The summed E-state index contributed by atoms with van der Waals surface area (Å²) >= 11 is 0. The van der Waals surface area contributed by atoms with Gasteiger partial charge in [-0.25, -0.2) is 9.37 Å². The quantitative estimate of drug-likeness (QED) is 0.406. The van der Waals surface area contributed by atoms with Crippen molar-refractivity contribution in [2.45, 2.75) is 25.6 Å². The first-order valence-corrected chi connectivity index (χ1v) is 10.4. The Morgan fingerprint density at radius 1 is 1.33 bits per heavy atom. The normalized spacial score (nSPS) is 17.2. The molecule has 12 heteroatoms. The van der Waals surface area contributed by atoms with Crippen LogP contribution in [0.5, 0.6) is 0 Å². The molecule has 33 heavy (non-hydrogen) atoms. The highest BCUT2D eigenvalue weighted by atomic mass is 19.1. The topological polar surface area (TPSA) is 123 Å². The third kappa shape index (κ3) is 3.69. The first-order chi connectivity index (χ1) is 15.9. The molecule has 0 bridgehead atoms. The van der Waals surface area contributed by atoms with Crippen molar-refractivity contribution in [1.29, 1.82) is 0 Å². The molecular weight excluding hydrogens is 429 g/mol. The van der Waals surface area contributed by atoms with Gasteiger partial charge in [-0.05, 0) is 19.1 Å². The van der Waals surface area contributed by atoms with Gasteiger partial charge in [-0.15, -0.1) is 0 Å². The molecule has 0 saturated heterocycles. The minimum absolute atomic E-state index is 0.212. The number of hydrogen-bond acceptors (Lipinski definition) is 7. The van der Waals surface area contributed by atoms with Crippen molar-refractivity contribution >= 4 is 28.9 Å². The minimum atomic E-state index is -1.02. The zero-order chi connectivity index (χ0) is 23.3. The molecule has 0 spiro atoms. The van der Waals surface area contributed by atoms with Crippen molar-refractivity contribution < 1.29 is 9.18 Å². The van der Waals surface area contributed by atoms with Crippen LogP contribution in [0.1, 0.15) is 22.3 Å². The lowest BCUT2D eigenvalue weighted by atomic mass is 10.3. The first kappa shape index (κ1) is 20.7. The molecule has 170 valence electrons. The van der Waals surface area contributed by atoms with Crippen molar-refractivity contribution in [3.05, 3.63) is 58.3 Å². The smallest absolute Gasteiger partial charge is 0.280 e. The molecule has 1 amide bonds. The number of aryl methyl sites for hydroxylation is 2. The molecule has 1 fully saturated rings. The number of nitrogens with one attached hydrogen (secondary N) is 3. The second kappa shape index (κ2) is 7.73. The van der Waals surface area contributed by atoms with Crippen molar-refractivity contribution in [3.63, 3.8) is 0 Å². The van der Waals surface area contributed by atoms with E-state index in [2.05, 4.69) is 31.1 Å². The second-order valence-corrected chi connectivity index (χ2v) is 7.93. The number of pyridine rings is 1. The number of carbonyl (C=O) groups excluding carboxylic acids is 1. The van der Waals surface area contributed by atoms with Gasteiger partial charge in [-0.1, -0.05) is 0 Å². The predicted octanol–water partition coefficient (Wildman–Crippen LogP) is 1.55. The third-order valence-corrected chi connectivity index (χ3v) is 5.43. The SMILES string of the molecule is CNc1cc(Nc2cccn(-c3nn(C)cc3C)c2=O)nc2c(C(=O)NC3CC3F)cnn12. The molecule has 2 atom stereocenters. The maximum atomic E-state index is 13.2. The fraction of sp³-hybridized carbons (Fsp3) is 0.286. The lowest BCUT2D eigenvalue weighted by Crippen LogP contribution is -2.27. The molecule has 1 aliphatic rings. The number of alkyl halides is 1. The fourth-order valence-corrected chi connectivity index (χ4v) is 3.65. The summed E-state index contributed by atoms with van der Waals surface area (Å²) in [5.41, 5.74) is 1.32. The highest BCUT2D eigenvalue weighted by Crippen LogP contribution is 2.26. The van der Waals surface area contributed by atoms with E-state index in [0.717, 1.165) is 5.56 Å². The Hall–Kier alpha value is -4.22. The zero-order valence-electron chi connectivity index (χ0n) is 18.2. The molecule has 0 aromatic carbocycles. The average Bonchev–Trinajstić information content (AvgIpc) is 3.16. The Morgan fingerprint density at radius 3 is 2.79 bits per heavy atom. The van der Waals surface area contributed by atoms with Crippen molar-refractivity contribution in [3.8, 4) is 5.82 Å². The minimum Gasteiger partial charge on any atom is -0.373 e. The van der Waals surface area contributed by atoms with E-state index in [1.54, 1.807) is 43.2 Å². The number of hydrogen-bond donors (Lipinski definition) is 3. The van der Waals surface area contributed by atoms with E-state index in [-0.39, 0.29) is 22.5 Å². The summed E-state index contributed by atoms with van der Waals surface area (Å²) in [5, 5.41) is 17.3. The number of anilines is 3.